The SMILES string of the molecule is COCC(=O)N(C)C(CCC(=O)OC)N(C)C(=O)COC. The van der Waals surface area contributed by atoms with E-state index in [2.05, 4.69) is 4.74 Å². The van der Waals surface area contributed by atoms with Crippen LogP contribution >= 0.6 is 0 Å². The molecule has 0 aromatic rings. The summed E-state index contributed by atoms with van der Waals surface area (Å²) in [5, 5.41) is 0. The Morgan fingerprint density at radius 3 is 1.67 bits per heavy atom. The van der Waals surface area contributed by atoms with E-state index in [1.807, 2.05) is 0 Å². The van der Waals surface area contributed by atoms with Crippen molar-refractivity contribution in [2.45, 2.75) is 19.0 Å². The Morgan fingerprint density at radius 2 is 1.33 bits per heavy atom. The number of amides is 2. The Bertz CT molecular complexity index is 337. The fourth-order valence-electron chi connectivity index (χ4n) is 1.78. The van der Waals surface area contributed by atoms with Gasteiger partial charge in [-0.1, -0.05) is 0 Å². The van der Waals surface area contributed by atoms with Crippen LogP contribution in [-0.2, 0) is 28.6 Å². The van der Waals surface area contributed by atoms with Crippen LogP contribution in [0.5, 0.6) is 0 Å². The third-order valence-corrected chi connectivity index (χ3v) is 3.05. The summed E-state index contributed by atoms with van der Waals surface area (Å²) in [5.41, 5.74) is 0. The predicted molar refractivity (Wildman–Crippen MR) is 74.3 cm³/mol. The van der Waals surface area contributed by atoms with E-state index in [0.717, 1.165) is 0 Å². The van der Waals surface area contributed by atoms with Crippen LogP contribution in [0.3, 0.4) is 0 Å². The van der Waals surface area contributed by atoms with Crippen LogP contribution in [0, 0.1) is 0 Å². The van der Waals surface area contributed by atoms with E-state index in [1.54, 1.807) is 14.1 Å². The fourth-order valence-corrected chi connectivity index (χ4v) is 1.78. The molecule has 0 fully saturated rings. The first-order valence-electron chi connectivity index (χ1n) is 6.45. The molecule has 0 aromatic carbocycles. The number of nitrogens with zero attached hydrogens (tertiary/aromatic N) is 2. The first-order valence-corrected chi connectivity index (χ1v) is 6.45. The van der Waals surface area contributed by atoms with Gasteiger partial charge in [0.05, 0.1) is 7.11 Å². The normalized spacial score (nSPS) is 10.4. The highest BCUT2D eigenvalue weighted by molar-refractivity contribution is 5.80. The number of methoxy groups -OCH3 is 3. The monoisotopic (exact) mass is 304 g/mol. The number of ether oxygens (including phenoxy) is 3. The maximum atomic E-state index is 11.9. The molecule has 0 bridgehead atoms. The maximum absolute atomic E-state index is 11.9. The Balaban J connectivity index is 4.93. The molecule has 2 amide bonds. The number of rotatable bonds is 9. The molecule has 0 atom stereocenters. The molecule has 0 unspecified atom stereocenters. The summed E-state index contributed by atoms with van der Waals surface area (Å²) in [6, 6.07) is 0. The molecule has 122 valence electrons. The van der Waals surface area contributed by atoms with E-state index < -0.39 is 12.1 Å². The van der Waals surface area contributed by atoms with Crippen molar-refractivity contribution in [3.05, 3.63) is 0 Å². The third kappa shape index (κ3) is 6.54. The average Bonchev–Trinajstić information content (AvgIpc) is 2.46. The van der Waals surface area contributed by atoms with E-state index in [1.165, 1.54) is 31.1 Å². The average molecular weight is 304 g/mol. The zero-order valence-corrected chi connectivity index (χ0v) is 13.2. The van der Waals surface area contributed by atoms with Gasteiger partial charge in [-0.2, -0.15) is 0 Å². The Morgan fingerprint density at radius 1 is 0.905 bits per heavy atom. The lowest BCUT2D eigenvalue weighted by atomic mass is 10.2. The molecule has 0 heterocycles. The van der Waals surface area contributed by atoms with Crippen molar-refractivity contribution in [1.82, 2.24) is 9.80 Å². The zero-order chi connectivity index (χ0) is 16.4. The van der Waals surface area contributed by atoms with Crippen molar-refractivity contribution in [2.24, 2.45) is 0 Å². The fraction of sp³-hybridized carbons (Fsp3) is 0.769. The minimum Gasteiger partial charge on any atom is -0.469 e. The van der Waals surface area contributed by atoms with E-state index in [4.69, 9.17) is 9.47 Å². The lowest BCUT2D eigenvalue weighted by molar-refractivity contribution is -0.150. The summed E-state index contributed by atoms with van der Waals surface area (Å²) in [7, 11) is 7.22. The number of carbonyl (C=O) groups is 3. The largest absolute Gasteiger partial charge is 0.469 e. The van der Waals surface area contributed by atoms with E-state index in [0.29, 0.717) is 0 Å². The molecule has 0 aliphatic carbocycles. The van der Waals surface area contributed by atoms with Crippen LogP contribution in [0.2, 0.25) is 0 Å². The standard InChI is InChI=1S/C13H24N2O6/c1-14(11(16)8-19-3)10(6-7-13(18)21-5)15(2)12(17)9-20-4/h10H,6-9H2,1-5H3. The third-order valence-electron chi connectivity index (χ3n) is 3.05. The van der Waals surface area contributed by atoms with E-state index in [9.17, 15) is 14.4 Å². The number of carbonyl (C=O) groups excluding carboxylic acids is 3. The molecule has 0 aliphatic heterocycles. The maximum Gasteiger partial charge on any atom is 0.305 e. The summed E-state index contributed by atoms with van der Waals surface area (Å²) in [5.74, 6) is -0.978. The number of likely N-dealkylation sites (N-methyl/N-ethyl adjacent to an activating group) is 2. The Labute approximate surface area is 124 Å². The van der Waals surface area contributed by atoms with Crippen molar-refractivity contribution in [1.29, 1.82) is 0 Å². The van der Waals surface area contributed by atoms with Crippen LogP contribution in [0.1, 0.15) is 12.8 Å². The van der Waals surface area contributed by atoms with Crippen molar-refractivity contribution in [3.63, 3.8) is 0 Å². The second-order valence-corrected chi connectivity index (χ2v) is 4.47. The van der Waals surface area contributed by atoms with Crippen molar-refractivity contribution >= 4 is 17.8 Å². The summed E-state index contributed by atoms with van der Waals surface area (Å²) in [6.45, 7) is -0.199. The van der Waals surface area contributed by atoms with Crippen LogP contribution in [0.15, 0.2) is 0 Å². The summed E-state index contributed by atoms with van der Waals surface area (Å²) >= 11 is 0. The van der Waals surface area contributed by atoms with Gasteiger partial charge in [0.2, 0.25) is 11.8 Å². The lowest BCUT2D eigenvalue weighted by Gasteiger charge is -2.35. The van der Waals surface area contributed by atoms with Gasteiger partial charge in [0.15, 0.2) is 0 Å². The number of hydrogen-bond acceptors (Lipinski definition) is 6. The topological polar surface area (TPSA) is 85.4 Å². The molecule has 21 heavy (non-hydrogen) atoms. The van der Waals surface area contributed by atoms with Crippen molar-refractivity contribution in [3.8, 4) is 0 Å². The molecule has 0 saturated heterocycles. The Kier molecular flexibility index (Phi) is 9.31. The number of hydrogen-bond donors (Lipinski definition) is 0. The molecule has 8 heteroatoms. The van der Waals surface area contributed by atoms with Gasteiger partial charge in [0.1, 0.15) is 19.4 Å². The Hall–Kier alpha value is -1.67. The molecular weight excluding hydrogens is 280 g/mol. The van der Waals surface area contributed by atoms with E-state index in [-0.39, 0.29) is 37.9 Å². The van der Waals surface area contributed by atoms with Crippen LogP contribution < -0.4 is 0 Å². The smallest absolute Gasteiger partial charge is 0.305 e. The zero-order valence-electron chi connectivity index (χ0n) is 13.2. The molecule has 0 saturated carbocycles. The highest BCUT2D eigenvalue weighted by Gasteiger charge is 2.27. The minimum atomic E-state index is -0.575. The summed E-state index contributed by atoms with van der Waals surface area (Å²) < 4.78 is 14.2. The van der Waals surface area contributed by atoms with Gasteiger partial charge >= 0.3 is 5.97 Å². The molecule has 0 rings (SSSR count). The van der Waals surface area contributed by atoms with E-state index >= 15 is 0 Å². The molecule has 0 radical (unpaired) electrons. The highest BCUT2D eigenvalue weighted by atomic mass is 16.5. The minimum absolute atomic E-state index is 0.0936. The van der Waals surface area contributed by atoms with Gasteiger partial charge in [-0.3, -0.25) is 14.4 Å². The van der Waals surface area contributed by atoms with Crippen molar-refractivity contribution in [2.75, 3.05) is 48.6 Å². The summed E-state index contributed by atoms with van der Waals surface area (Å²) in [6.07, 6.45) is -0.213. The van der Waals surface area contributed by atoms with Crippen LogP contribution in [0.25, 0.3) is 0 Å². The quantitative estimate of drug-likeness (QED) is 0.421. The lowest BCUT2D eigenvalue weighted by Crippen LogP contribution is -2.51. The van der Waals surface area contributed by atoms with Crippen LogP contribution in [0.4, 0.5) is 0 Å². The first kappa shape index (κ1) is 19.3. The van der Waals surface area contributed by atoms with Gasteiger partial charge in [-0.25, -0.2) is 0 Å². The second kappa shape index (κ2) is 10.1. The van der Waals surface area contributed by atoms with Gasteiger partial charge in [0.25, 0.3) is 0 Å². The second-order valence-electron chi connectivity index (χ2n) is 4.47. The molecule has 0 aliphatic rings. The van der Waals surface area contributed by atoms with Crippen LogP contribution in [-0.4, -0.2) is 82.4 Å². The molecule has 8 nitrogen and oxygen atoms in total. The van der Waals surface area contributed by atoms with Gasteiger partial charge < -0.3 is 24.0 Å². The van der Waals surface area contributed by atoms with Crippen molar-refractivity contribution < 1.29 is 28.6 Å². The molecule has 0 spiro atoms. The highest BCUT2D eigenvalue weighted by Crippen LogP contribution is 2.11. The first-order chi connectivity index (χ1) is 9.88. The predicted octanol–water partition coefficient (Wildman–Crippen LogP) is -0.525. The summed E-state index contributed by atoms with van der Waals surface area (Å²) in [4.78, 5) is 37.8. The van der Waals surface area contributed by atoms with Gasteiger partial charge in [-0.15, -0.1) is 0 Å². The number of esters is 1. The molecule has 0 aromatic heterocycles. The van der Waals surface area contributed by atoms with Gasteiger partial charge in [-0.05, 0) is 6.42 Å². The molecular formula is C13H24N2O6. The van der Waals surface area contributed by atoms with Gasteiger partial charge in [0, 0.05) is 34.7 Å². The molecule has 0 N–H and O–H groups in total.